The van der Waals surface area contributed by atoms with Crippen LogP contribution in [0.5, 0.6) is 0 Å². The van der Waals surface area contributed by atoms with Gasteiger partial charge in [-0.2, -0.15) is 0 Å². The fourth-order valence-electron chi connectivity index (χ4n) is 2.00. The number of hydrogen-bond donors (Lipinski definition) is 2. The standard InChI is InChI=1S/C15H28N4/c1-8-9-15(6,7)19-12-10(2)11(16)17-13(18-12)14(3,4)5/h8-9H2,1-7H3,(H3,16,17,18,19). The highest BCUT2D eigenvalue weighted by molar-refractivity contribution is 5.56. The largest absolute Gasteiger partial charge is 0.383 e. The molecule has 0 aliphatic carbocycles. The van der Waals surface area contributed by atoms with Gasteiger partial charge in [-0.25, -0.2) is 9.97 Å². The maximum absolute atomic E-state index is 6.02. The summed E-state index contributed by atoms with van der Waals surface area (Å²) in [7, 11) is 0. The molecule has 0 aliphatic heterocycles. The second-order valence-electron chi connectivity index (χ2n) is 6.91. The third-order valence-electron chi connectivity index (χ3n) is 3.19. The number of nitrogens with two attached hydrogens (primary N) is 1. The first-order chi connectivity index (χ1) is 8.57. The molecule has 0 bridgehead atoms. The molecule has 0 radical (unpaired) electrons. The molecule has 0 spiro atoms. The van der Waals surface area contributed by atoms with Crippen molar-refractivity contribution in [3.63, 3.8) is 0 Å². The number of rotatable bonds is 4. The Morgan fingerprint density at radius 1 is 1.11 bits per heavy atom. The molecular weight excluding hydrogens is 236 g/mol. The number of nitrogens with zero attached hydrogens (tertiary/aromatic N) is 2. The molecule has 0 amide bonds. The molecule has 3 N–H and O–H groups in total. The van der Waals surface area contributed by atoms with Crippen LogP contribution in [-0.2, 0) is 5.41 Å². The predicted octanol–water partition coefficient (Wildman–Crippen LogP) is 3.66. The van der Waals surface area contributed by atoms with E-state index in [1.54, 1.807) is 0 Å². The number of nitrogen functional groups attached to an aromatic ring is 1. The monoisotopic (exact) mass is 264 g/mol. The zero-order valence-corrected chi connectivity index (χ0v) is 13.4. The number of aromatic nitrogens is 2. The van der Waals surface area contributed by atoms with E-state index >= 15 is 0 Å². The van der Waals surface area contributed by atoms with Crippen LogP contribution in [-0.4, -0.2) is 15.5 Å². The van der Waals surface area contributed by atoms with E-state index in [0.29, 0.717) is 5.82 Å². The van der Waals surface area contributed by atoms with Gasteiger partial charge in [0.15, 0.2) is 0 Å². The zero-order chi connectivity index (χ0) is 14.8. The summed E-state index contributed by atoms with van der Waals surface area (Å²) in [6, 6.07) is 0. The van der Waals surface area contributed by atoms with Crippen LogP contribution < -0.4 is 11.1 Å². The Bertz CT molecular complexity index is 444. The van der Waals surface area contributed by atoms with Crippen molar-refractivity contribution in [1.29, 1.82) is 0 Å². The Balaban J connectivity index is 3.17. The third kappa shape index (κ3) is 4.08. The molecular formula is C15H28N4. The molecule has 0 aromatic carbocycles. The van der Waals surface area contributed by atoms with Gasteiger partial charge in [0.1, 0.15) is 17.5 Å². The smallest absolute Gasteiger partial charge is 0.138 e. The van der Waals surface area contributed by atoms with Gasteiger partial charge in [-0.15, -0.1) is 0 Å². The predicted molar refractivity (Wildman–Crippen MR) is 82.5 cm³/mol. The van der Waals surface area contributed by atoms with E-state index in [-0.39, 0.29) is 11.0 Å². The Hall–Kier alpha value is -1.32. The van der Waals surface area contributed by atoms with E-state index in [0.717, 1.165) is 30.0 Å². The van der Waals surface area contributed by atoms with Crippen molar-refractivity contribution < 1.29 is 0 Å². The summed E-state index contributed by atoms with van der Waals surface area (Å²) >= 11 is 0. The summed E-state index contributed by atoms with van der Waals surface area (Å²) in [5.41, 5.74) is 6.85. The van der Waals surface area contributed by atoms with Crippen molar-refractivity contribution in [3.05, 3.63) is 11.4 Å². The molecule has 1 aromatic rings. The van der Waals surface area contributed by atoms with Crippen molar-refractivity contribution in [1.82, 2.24) is 9.97 Å². The molecule has 0 fully saturated rings. The summed E-state index contributed by atoms with van der Waals surface area (Å²) in [6.45, 7) is 14.8. The lowest BCUT2D eigenvalue weighted by Gasteiger charge is -2.28. The SMILES string of the molecule is CCCC(C)(C)Nc1nc(C(C)(C)C)nc(N)c1C. The summed E-state index contributed by atoms with van der Waals surface area (Å²) in [4.78, 5) is 9.08. The lowest BCUT2D eigenvalue weighted by atomic mass is 9.95. The number of nitrogens with one attached hydrogen (secondary N) is 1. The van der Waals surface area contributed by atoms with Gasteiger partial charge in [-0.1, -0.05) is 34.1 Å². The molecule has 19 heavy (non-hydrogen) atoms. The van der Waals surface area contributed by atoms with Gasteiger partial charge in [0, 0.05) is 16.5 Å². The van der Waals surface area contributed by atoms with Crippen molar-refractivity contribution in [3.8, 4) is 0 Å². The fraction of sp³-hybridized carbons (Fsp3) is 0.733. The summed E-state index contributed by atoms with van der Waals surface area (Å²) in [6.07, 6.45) is 2.22. The highest BCUT2D eigenvalue weighted by atomic mass is 15.1. The molecule has 0 unspecified atom stereocenters. The maximum Gasteiger partial charge on any atom is 0.138 e. The second kappa shape index (κ2) is 5.35. The molecule has 0 atom stereocenters. The van der Waals surface area contributed by atoms with E-state index in [2.05, 4.69) is 56.8 Å². The van der Waals surface area contributed by atoms with Gasteiger partial charge in [-0.05, 0) is 27.2 Å². The topological polar surface area (TPSA) is 63.8 Å². The molecule has 0 aliphatic rings. The summed E-state index contributed by atoms with van der Waals surface area (Å²) in [5, 5.41) is 3.51. The average Bonchev–Trinajstić information content (AvgIpc) is 2.22. The molecule has 4 nitrogen and oxygen atoms in total. The molecule has 0 saturated carbocycles. The Morgan fingerprint density at radius 2 is 1.68 bits per heavy atom. The maximum atomic E-state index is 6.02. The van der Waals surface area contributed by atoms with Crippen molar-refractivity contribution in [2.75, 3.05) is 11.1 Å². The highest BCUT2D eigenvalue weighted by Gasteiger charge is 2.23. The van der Waals surface area contributed by atoms with Gasteiger partial charge < -0.3 is 11.1 Å². The first kappa shape index (κ1) is 15.7. The van der Waals surface area contributed by atoms with Crippen LogP contribution in [0.25, 0.3) is 0 Å². The molecule has 4 heteroatoms. The van der Waals surface area contributed by atoms with Crippen molar-refractivity contribution in [2.45, 2.75) is 72.3 Å². The van der Waals surface area contributed by atoms with E-state index < -0.39 is 0 Å². The van der Waals surface area contributed by atoms with Crippen LogP contribution in [0, 0.1) is 6.92 Å². The Kier molecular flexibility index (Phi) is 4.43. The van der Waals surface area contributed by atoms with Crippen LogP contribution >= 0.6 is 0 Å². The summed E-state index contributed by atoms with van der Waals surface area (Å²) in [5.74, 6) is 2.20. The number of anilines is 2. The van der Waals surface area contributed by atoms with Gasteiger partial charge in [0.25, 0.3) is 0 Å². The van der Waals surface area contributed by atoms with Crippen LogP contribution in [0.2, 0.25) is 0 Å². The Labute approximate surface area is 117 Å². The Morgan fingerprint density at radius 3 is 2.16 bits per heavy atom. The third-order valence-corrected chi connectivity index (χ3v) is 3.19. The van der Waals surface area contributed by atoms with E-state index in [1.807, 2.05) is 6.92 Å². The molecule has 108 valence electrons. The zero-order valence-electron chi connectivity index (χ0n) is 13.4. The van der Waals surface area contributed by atoms with E-state index in [4.69, 9.17) is 5.73 Å². The van der Waals surface area contributed by atoms with Gasteiger partial charge in [-0.3, -0.25) is 0 Å². The normalized spacial score (nSPS) is 12.6. The van der Waals surface area contributed by atoms with Crippen LogP contribution in [0.15, 0.2) is 0 Å². The van der Waals surface area contributed by atoms with E-state index in [1.165, 1.54) is 0 Å². The second-order valence-corrected chi connectivity index (χ2v) is 6.91. The van der Waals surface area contributed by atoms with Gasteiger partial charge in [0.2, 0.25) is 0 Å². The van der Waals surface area contributed by atoms with Crippen LogP contribution in [0.4, 0.5) is 11.6 Å². The first-order valence-corrected chi connectivity index (χ1v) is 6.99. The molecule has 0 saturated heterocycles. The molecule has 1 heterocycles. The minimum absolute atomic E-state index is 0.00938. The molecule has 1 aromatic heterocycles. The van der Waals surface area contributed by atoms with E-state index in [9.17, 15) is 0 Å². The van der Waals surface area contributed by atoms with Crippen molar-refractivity contribution >= 4 is 11.6 Å². The first-order valence-electron chi connectivity index (χ1n) is 6.99. The summed E-state index contributed by atoms with van der Waals surface area (Å²) < 4.78 is 0. The van der Waals surface area contributed by atoms with Gasteiger partial charge >= 0.3 is 0 Å². The highest BCUT2D eigenvalue weighted by Crippen LogP contribution is 2.27. The lowest BCUT2D eigenvalue weighted by Crippen LogP contribution is -2.32. The number of hydrogen-bond acceptors (Lipinski definition) is 4. The quantitative estimate of drug-likeness (QED) is 0.871. The van der Waals surface area contributed by atoms with Crippen LogP contribution in [0.1, 0.15) is 65.8 Å². The van der Waals surface area contributed by atoms with Gasteiger partial charge in [0.05, 0.1) is 0 Å². The fourth-order valence-corrected chi connectivity index (χ4v) is 2.00. The van der Waals surface area contributed by atoms with Crippen LogP contribution in [0.3, 0.4) is 0 Å². The average molecular weight is 264 g/mol. The molecule has 1 rings (SSSR count). The lowest BCUT2D eigenvalue weighted by molar-refractivity contribution is 0.504. The minimum Gasteiger partial charge on any atom is -0.383 e. The van der Waals surface area contributed by atoms with Crippen molar-refractivity contribution in [2.24, 2.45) is 0 Å². The minimum atomic E-state index is -0.104.